The van der Waals surface area contributed by atoms with E-state index in [0.717, 1.165) is 30.4 Å². The molecule has 1 saturated carbocycles. The first-order valence-electron chi connectivity index (χ1n) is 10.2. The van der Waals surface area contributed by atoms with Crippen LogP contribution in [0.1, 0.15) is 50.2 Å². The normalized spacial score (nSPS) is 20.6. The van der Waals surface area contributed by atoms with Crippen molar-refractivity contribution in [3.8, 4) is 0 Å². The van der Waals surface area contributed by atoms with E-state index in [1.807, 2.05) is 0 Å². The third-order valence-corrected chi connectivity index (χ3v) is 5.92. The lowest BCUT2D eigenvalue weighted by Gasteiger charge is -2.36. The van der Waals surface area contributed by atoms with E-state index in [-0.39, 0.29) is 35.9 Å². The van der Waals surface area contributed by atoms with E-state index in [1.165, 1.54) is 50.9 Å². The Hall–Kier alpha value is -0.930. The van der Waals surface area contributed by atoms with Crippen LogP contribution in [0, 0.1) is 5.82 Å². The van der Waals surface area contributed by atoms with E-state index in [4.69, 9.17) is 4.74 Å². The summed E-state index contributed by atoms with van der Waals surface area (Å²) in [6.45, 7) is 2.94. The van der Waals surface area contributed by atoms with Gasteiger partial charge in [0, 0.05) is 45.9 Å². The van der Waals surface area contributed by atoms with Crippen LogP contribution < -0.4 is 10.6 Å². The summed E-state index contributed by atoms with van der Waals surface area (Å²) in [4.78, 5) is 7.04. The van der Waals surface area contributed by atoms with Crippen molar-refractivity contribution in [1.29, 1.82) is 0 Å². The summed E-state index contributed by atoms with van der Waals surface area (Å²) in [5.41, 5.74) is 0.951. The lowest BCUT2D eigenvalue weighted by Crippen LogP contribution is -2.50. The third-order valence-electron chi connectivity index (χ3n) is 5.92. The van der Waals surface area contributed by atoms with E-state index in [2.05, 4.69) is 20.5 Å². The molecular weight excluding hydrogens is 470 g/mol. The number of likely N-dealkylation sites (tertiary alicyclic amines) is 1. The molecule has 1 aliphatic heterocycles. The highest BCUT2D eigenvalue weighted by atomic mass is 127. The maximum Gasteiger partial charge on any atom is 0.191 e. The first-order chi connectivity index (χ1) is 13.2. The highest BCUT2D eigenvalue weighted by molar-refractivity contribution is 14.0. The van der Waals surface area contributed by atoms with E-state index < -0.39 is 0 Å². The fourth-order valence-corrected chi connectivity index (χ4v) is 4.27. The number of piperidine rings is 1. The Morgan fingerprint density at radius 2 is 1.82 bits per heavy atom. The summed E-state index contributed by atoms with van der Waals surface area (Å²) >= 11 is 0. The number of nitrogens with zero attached hydrogens (tertiary/aromatic N) is 2. The van der Waals surface area contributed by atoms with Crippen LogP contribution in [0.3, 0.4) is 0 Å². The summed E-state index contributed by atoms with van der Waals surface area (Å²) < 4.78 is 18.7. The van der Waals surface area contributed by atoms with Crippen LogP contribution in [0.25, 0.3) is 0 Å². The number of nitrogens with one attached hydrogen (secondary N) is 2. The summed E-state index contributed by atoms with van der Waals surface area (Å²) in [6, 6.07) is 7.74. The summed E-state index contributed by atoms with van der Waals surface area (Å²) in [5, 5.41) is 6.91. The molecule has 7 heteroatoms. The molecule has 0 spiro atoms. The number of guanidine groups is 1. The molecule has 1 unspecified atom stereocenters. The van der Waals surface area contributed by atoms with Gasteiger partial charge in [-0.3, -0.25) is 4.99 Å². The number of methoxy groups -OCH3 is 1. The molecule has 0 aromatic heterocycles. The Bertz CT molecular complexity index is 599. The Kier molecular flexibility index (Phi) is 9.94. The second-order valence-corrected chi connectivity index (χ2v) is 7.62. The molecule has 0 amide bonds. The minimum absolute atomic E-state index is 0. The molecule has 2 aliphatic rings. The number of halogens is 2. The molecule has 1 aliphatic carbocycles. The van der Waals surface area contributed by atoms with Gasteiger partial charge < -0.3 is 20.3 Å². The van der Waals surface area contributed by atoms with Crippen molar-refractivity contribution in [2.24, 2.45) is 4.99 Å². The number of aliphatic imine (C=N–C) groups is 1. The molecular formula is C21H34FIN4O. The molecule has 1 atom stereocenters. The van der Waals surface area contributed by atoms with Gasteiger partial charge in [-0.1, -0.05) is 25.0 Å². The van der Waals surface area contributed by atoms with E-state index in [1.54, 1.807) is 26.3 Å². The van der Waals surface area contributed by atoms with Gasteiger partial charge in [-0.2, -0.15) is 0 Å². The zero-order valence-electron chi connectivity index (χ0n) is 17.0. The van der Waals surface area contributed by atoms with Crippen LogP contribution in [-0.2, 0) is 4.74 Å². The van der Waals surface area contributed by atoms with Crippen molar-refractivity contribution >= 4 is 29.9 Å². The van der Waals surface area contributed by atoms with Gasteiger partial charge in [0.05, 0.1) is 6.10 Å². The highest BCUT2D eigenvalue weighted by Gasteiger charge is 2.27. The van der Waals surface area contributed by atoms with E-state index in [9.17, 15) is 4.39 Å². The Morgan fingerprint density at radius 1 is 1.18 bits per heavy atom. The summed E-state index contributed by atoms with van der Waals surface area (Å²) in [5.74, 6) is 0.571. The van der Waals surface area contributed by atoms with Gasteiger partial charge in [-0.25, -0.2) is 4.39 Å². The predicted molar refractivity (Wildman–Crippen MR) is 123 cm³/mol. The molecule has 1 aromatic carbocycles. The highest BCUT2D eigenvalue weighted by Crippen LogP contribution is 2.26. The number of benzene rings is 1. The minimum Gasteiger partial charge on any atom is -0.375 e. The standard InChI is InChI=1S/C21H33FN4O.HI/c1-23-21(24-15-20(27-2)16-7-9-17(22)10-8-16)25-18-11-13-26(14-12-18)19-5-3-4-6-19;/h7-10,18-20H,3-6,11-15H2,1-2H3,(H2,23,24,25);1H. The topological polar surface area (TPSA) is 48.9 Å². The molecule has 3 rings (SSSR count). The molecule has 1 aromatic rings. The Labute approximate surface area is 185 Å². The van der Waals surface area contributed by atoms with Crippen molar-refractivity contribution in [3.05, 3.63) is 35.6 Å². The largest absolute Gasteiger partial charge is 0.375 e. The summed E-state index contributed by atoms with van der Waals surface area (Å²) in [7, 11) is 3.47. The quantitative estimate of drug-likeness (QED) is 0.353. The molecule has 0 radical (unpaired) electrons. The molecule has 2 fully saturated rings. The van der Waals surface area contributed by atoms with Crippen LogP contribution in [0.2, 0.25) is 0 Å². The zero-order valence-corrected chi connectivity index (χ0v) is 19.3. The molecule has 1 saturated heterocycles. The first-order valence-corrected chi connectivity index (χ1v) is 10.2. The Balaban J connectivity index is 0.00000280. The van der Waals surface area contributed by atoms with Gasteiger partial charge >= 0.3 is 0 Å². The average Bonchev–Trinajstić information content (AvgIpc) is 3.24. The van der Waals surface area contributed by atoms with Crippen LogP contribution in [0.15, 0.2) is 29.3 Å². The van der Waals surface area contributed by atoms with Gasteiger partial charge in [0.15, 0.2) is 5.96 Å². The smallest absolute Gasteiger partial charge is 0.191 e. The molecule has 5 nitrogen and oxygen atoms in total. The maximum absolute atomic E-state index is 13.1. The first kappa shape index (κ1) is 23.3. The molecule has 158 valence electrons. The van der Waals surface area contributed by atoms with Gasteiger partial charge in [0.1, 0.15) is 5.82 Å². The van der Waals surface area contributed by atoms with Crippen molar-refractivity contribution in [1.82, 2.24) is 15.5 Å². The second kappa shape index (κ2) is 11.9. The minimum atomic E-state index is -0.233. The van der Waals surface area contributed by atoms with Crippen LogP contribution in [0.5, 0.6) is 0 Å². The summed E-state index contributed by atoms with van der Waals surface area (Å²) in [6.07, 6.45) is 7.72. The third kappa shape index (κ3) is 6.56. The number of hydrogen-bond acceptors (Lipinski definition) is 3. The average molecular weight is 504 g/mol. The number of rotatable bonds is 6. The van der Waals surface area contributed by atoms with Gasteiger partial charge in [0.2, 0.25) is 0 Å². The lowest BCUT2D eigenvalue weighted by molar-refractivity contribution is 0.106. The fourth-order valence-electron chi connectivity index (χ4n) is 4.27. The van der Waals surface area contributed by atoms with Gasteiger partial charge in [-0.15, -0.1) is 24.0 Å². The fraction of sp³-hybridized carbons (Fsp3) is 0.667. The van der Waals surface area contributed by atoms with Crippen LogP contribution >= 0.6 is 24.0 Å². The monoisotopic (exact) mass is 504 g/mol. The maximum atomic E-state index is 13.1. The van der Waals surface area contributed by atoms with Crippen molar-refractivity contribution in [2.75, 3.05) is 33.8 Å². The SMILES string of the molecule is CN=C(NCC(OC)c1ccc(F)cc1)NC1CCN(C2CCCC2)CC1.I. The van der Waals surface area contributed by atoms with Gasteiger partial charge in [0.25, 0.3) is 0 Å². The molecule has 28 heavy (non-hydrogen) atoms. The van der Waals surface area contributed by atoms with E-state index in [0.29, 0.717) is 12.6 Å². The molecule has 1 heterocycles. The van der Waals surface area contributed by atoms with Crippen molar-refractivity contribution in [2.45, 2.75) is 56.7 Å². The van der Waals surface area contributed by atoms with Crippen LogP contribution in [-0.4, -0.2) is 56.7 Å². The molecule has 2 N–H and O–H groups in total. The number of hydrogen-bond donors (Lipinski definition) is 2. The second-order valence-electron chi connectivity index (χ2n) is 7.62. The van der Waals surface area contributed by atoms with Crippen LogP contribution in [0.4, 0.5) is 4.39 Å². The molecule has 0 bridgehead atoms. The predicted octanol–water partition coefficient (Wildman–Crippen LogP) is 3.70. The van der Waals surface area contributed by atoms with Crippen molar-refractivity contribution < 1.29 is 9.13 Å². The number of ether oxygens (including phenoxy) is 1. The lowest BCUT2D eigenvalue weighted by atomic mass is 10.0. The zero-order chi connectivity index (χ0) is 19.1. The van der Waals surface area contributed by atoms with Crippen molar-refractivity contribution in [3.63, 3.8) is 0 Å². The Morgan fingerprint density at radius 3 is 2.39 bits per heavy atom. The van der Waals surface area contributed by atoms with E-state index >= 15 is 0 Å². The van der Waals surface area contributed by atoms with Gasteiger partial charge in [-0.05, 0) is 43.4 Å².